The van der Waals surface area contributed by atoms with Gasteiger partial charge in [0.15, 0.2) is 0 Å². The van der Waals surface area contributed by atoms with Gasteiger partial charge in [0.25, 0.3) is 5.91 Å². The minimum atomic E-state index is -0.171. The summed E-state index contributed by atoms with van der Waals surface area (Å²) >= 11 is 0. The molecule has 182 valence electrons. The summed E-state index contributed by atoms with van der Waals surface area (Å²) in [5.41, 5.74) is 1.29. The lowest BCUT2D eigenvalue weighted by atomic mass is 9.81. The monoisotopic (exact) mass is 472 g/mol. The number of carbonyl (C=O) groups excluding carboxylic acids is 1. The molecule has 1 amide bonds. The molecule has 0 bridgehead atoms. The lowest BCUT2D eigenvalue weighted by Crippen LogP contribution is -2.54. The van der Waals surface area contributed by atoms with Gasteiger partial charge in [0.05, 0.1) is 5.60 Å². The van der Waals surface area contributed by atoms with E-state index in [1.807, 2.05) is 47.5 Å². The molecular formula is C27H32N6O2. The molecule has 3 aromatic rings. The molecule has 0 aliphatic carbocycles. The van der Waals surface area contributed by atoms with Gasteiger partial charge < -0.3 is 19.9 Å². The van der Waals surface area contributed by atoms with Crippen LogP contribution in [-0.2, 0) is 4.74 Å². The van der Waals surface area contributed by atoms with E-state index >= 15 is 0 Å². The number of anilines is 3. The van der Waals surface area contributed by atoms with E-state index < -0.39 is 0 Å². The van der Waals surface area contributed by atoms with Crippen LogP contribution in [0.1, 0.15) is 43.0 Å². The van der Waals surface area contributed by atoms with Crippen molar-refractivity contribution in [3.63, 3.8) is 0 Å². The van der Waals surface area contributed by atoms with E-state index in [2.05, 4.69) is 38.2 Å². The van der Waals surface area contributed by atoms with Crippen LogP contribution < -0.4 is 10.2 Å². The fourth-order valence-corrected chi connectivity index (χ4v) is 5.26. The lowest BCUT2D eigenvalue weighted by Gasteiger charge is -2.48. The first-order chi connectivity index (χ1) is 17.2. The van der Waals surface area contributed by atoms with Crippen LogP contribution in [-0.4, -0.2) is 63.6 Å². The van der Waals surface area contributed by atoms with Crippen molar-refractivity contribution in [1.29, 1.82) is 0 Å². The third-order valence-corrected chi connectivity index (χ3v) is 7.09. The summed E-state index contributed by atoms with van der Waals surface area (Å²) < 4.78 is 6.38. The molecule has 2 aliphatic heterocycles. The summed E-state index contributed by atoms with van der Waals surface area (Å²) in [5, 5.41) is 3.18. The topological polar surface area (TPSA) is 83.5 Å². The maximum atomic E-state index is 13.6. The standard InChI is InChI=1S/C27H32N6O2/c1-2-33(25(34)21-7-5-8-22(19-21)31-26-29-14-6-15-30-26)23-10-18-35-27(20-23)11-16-32(17-12-27)24-9-3-4-13-28-24/h3-9,13-15,19,23H,2,10-12,16-18,20H2,1H3,(H,29,30,31)/t23-/m0/s1. The number of rotatable bonds is 6. The second-order valence-electron chi connectivity index (χ2n) is 9.22. The van der Waals surface area contributed by atoms with Gasteiger partial charge in [0.1, 0.15) is 5.82 Å². The Hall–Kier alpha value is -3.52. The average molecular weight is 473 g/mol. The fraction of sp³-hybridized carbons (Fsp3) is 0.407. The van der Waals surface area contributed by atoms with E-state index in [9.17, 15) is 4.79 Å². The van der Waals surface area contributed by atoms with Gasteiger partial charge >= 0.3 is 0 Å². The quantitative estimate of drug-likeness (QED) is 0.573. The van der Waals surface area contributed by atoms with E-state index in [0.29, 0.717) is 24.7 Å². The molecule has 1 spiro atoms. The summed E-state index contributed by atoms with van der Waals surface area (Å²) in [6, 6.07) is 15.5. The molecule has 2 aliphatic rings. The molecule has 1 atom stereocenters. The molecule has 2 aromatic heterocycles. The highest BCUT2D eigenvalue weighted by Gasteiger charge is 2.42. The Bertz CT molecular complexity index is 1120. The first-order valence-electron chi connectivity index (χ1n) is 12.4. The first kappa shape index (κ1) is 23.2. The summed E-state index contributed by atoms with van der Waals surface area (Å²) in [5.74, 6) is 1.58. The zero-order chi connectivity index (χ0) is 24.1. The molecular weight excluding hydrogens is 440 g/mol. The largest absolute Gasteiger partial charge is 0.375 e. The number of carbonyl (C=O) groups is 1. The zero-order valence-corrected chi connectivity index (χ0v) is 20.1. The van der Waals surface area contributed by atoms with Gasteiger partial charge in [-0.2, -0.15) is 0 Å². The van der Waals surface area contributed by atoms with Gasteiger partial charge in [-0.1, -0.05) is 12.1 Å². The maximum Gasteiger partial charge on any atom is 0.254 e. The molecule has 35 heavy (non-hydrogen) atoms. The number of nitrogens with one attached hydrogen (secondary N) is 1. The van der Waals surface area contributed by atoms with Crippen molar-refractivity contribution in [2.45, 2.75) is 44.2 Å². The Labute approximate surface area is 206 Å². The van der Waals surface area contributed by atoms with Crippen molar-refractivity contribution >= 4 is 23.4 Å². The third-order valence-electron chi connectivity index (χ3n) is 7.09. The highest BCUT2D eigenvalue weighted by Crippen LogP contribution is 2.38. The van der Waals surface area contributed by atoms with E-state index in [1.54, 1.807) is 18.5 Å². The summed E-state index contributed by atoms with van der Waals surface area (Å²) in [6.45, 7) is 5.24. The molecule has 0 unspecified atom stereocenters. The predicted molar refractivity (Wildman–Crippen MR) is 136 cm³/mol. The number of nitrogens with zero attached hydrogens (tertiary/aromatic N) is 5. The van der Waals surface area contributed by atoms with E-state index in [1.165, 1.54) is 0 Å². The number of hydrogen-bond donors (Lipinski definition) is 1. The highest BCUT2D eigenvalue weighted by molar-refractivity contribution is 5.95. The normalized spacial score (nSPS) is 19.3. The van der Waals surface area contributed by atoms with Gasteiger partial charge in [-0.3, -0.25) is 4.79 Å². The molecule has 0 saturated carbocycles. The number of ether oxygens (including phenoxy) is 1. The van der Waals surface area contributed by atoms with Crippen LogP contribution in [0.3, 0.4) is 0 Å². The van der Waals surface area contributed by atoms with Gasteiger partial charge in [0, 0.05) is 62.1 Å². The predicted octanol–water partition coefficient (Wildman–Crippen LogP) is 4.30. The molecule has 4 heterocycles. The Kier molecular flexibility index (Phi) is 6.90. The number of aromatic nitrogens is 3. The van der Waals surface area contributed by atoms with Crippen LogP contribution in [0.5, 0.6) is 0 Å². The smallest absolute Gasteiger partial charge is 0.254 e. The van der Waals surface area contributed by atoms with Crippen molar-refractivity contribution in [2.24, 2.45) is 0 Å². The molecule has 5 rings (SSSR count). The zero-order valence-electron chi connectivity index (χ0n) is 20.1. The molecule has 1 aromatic carbocycles. The minimum Gasteiger partial charge on any atom is -0.375 e. The molecule has 1 N–H and O–H groups in total. The first-order valence-corrected chi connectivity index (χ1v) is 12.4. The number of pyridine rings is 1. The Morgan fingerprint density at radius 2 is 1.89 bits per heavy atom. The Balaban J connectivity index is 1.26. The fourth-order valence-electron chi connectivity index (χ4n) is 5.26. The number of amides is 1. The van der Waals surface area contributed by atoms with Crippen LogP contribution in [0.2, 0.25) is 0 Å². The second-order valence-corrected chi connectivity index (χ2v) is 9.22. The van der Waals surface area contributed by atoms with Crippen molar-refractivity contribution in [1.82, 2.24) is 19.9 Å². The SMILES string of the molecule is CCN(C(=O)c1cccc(Nc2ncccn2)c1)[C@H]1CCOC2(CCN(c3ccccn3)CC2)C1. The van der Waals surface area contributed by atoms with Crippen LogP contribution >= 0.6 is 0 Å². The highest BCUT2D eigenvalue weighted by atomic mass is 16.5. The van der Waals surface area contributed by atoms with Crippen molar-refractivity contribution in [2.75, 3.05) is 36.5 Å². The van der Waals surface area contributed by atoms with E-state index in [0.717, 1.165) is 50.3 Å². The van der Waals surface area contributed by atoms with E-state index in [4.69, 9.17) is 4.74 Å². The number of hydrogen-bond acceptors (Lipinski definition) is 7. The molecule has 8 nitrogen and oxygen atoms in total. The minimum absolute atomic E-state index is 0.0538. The van der Waals surface area contributed by atoms with Gasteiger partial charge in [-0.15, -0.1) is 0 Å². The van der Waals surface area contributed by atoms with Gasteiger partial charge in [0.2, 0.25) is 5.95 Å². The van der Waals surface area contributed by atoms with Crippen molar-refractivity contribution < 1.29 is 9.53 Å². The van der Waals surface area contributed by atoms with Crippen LogP contribution in [0, 0.1) is 0 Å². The maximum absolute atomic E-state index is 13.6. The molecule has 8 heteroatoms. The Morgan fingerprint density at radius 1 is 1.09 bits per heavy atom. The Morgan fingerprint density at radius 3 is 2.63 bits per heavy atom. The summed E-state index contributed by atoms with van der Waals surface area (Å²) in [7, 11) is 0. The van der Waals surface area contributed by atoms with Gasteiger partial charge in [-0.25, -0.2) is 15.0 Å². The summed E-state index contributed by atoms with van der Waals surface area (Å²) in [4.78, 5) is 30.9. The molecule has 2 saturated heterocycles. The lowest BCUT2D eigenvalue weighted by molar-refractivity contribution is -0.113. The van der Waals surface area contributed by atoms with Gasteiger partial charge in [-0.05, 0) is 69.0 Å². The average Bonchev–Trinajstić information content (AvgIpc) is 2.91. The van der Waals surface area contributed by atoms with Crippen LogP contribution in [0.15, 0.2) is 67.1 Å². The number of benzene rings is 1. The van der Waals surface area contributed by atoms with Crippen LogP contribution in [0.4, 0.5) is 17.5 Å². The van der Waals surface area contributed by atoms with Crippen molar-refractivity contribution in [3.05, 3.63) is 72.7 Å². The van der Waals surface area contributed by atoms with Crippen molar-refractivity contribution in [3.8, 4) is 0 Å². The van der Waals surface area contributed by atoms with E-state index in [-0.39, 0.29) is 17.6 Å². The second kappa shape index (κ2) is 10.4. The number of piperidine rings is 1. The third kappa shape index (κ3) is 5.27. The molecule has 2 fully saturated rings. The summed E-state index contributed by atoms with van der Waals surface area (Å²) in [6.07, 6.45) is 8.84. The molecule has 0 radical (unpaired) electrons. The van der Waals surface area contributed by atoms with Crippen LogP contribution in [0.25, 0.3) is 0 Å².